The lowest BCUT2D eigenvalue weighted by atomic mass is 10.1. The van der Waals surface area contributed by atoms with E-state index in [1.54, 1.807) is 0 Å². The average Bonchev–Trinajstić information content (AvgIpc) is 3.08. The summed E-state index contributed by atoms with van der Waals surface area (Å²) in [5, 5.41) is 2.97. The van der Waals surface area contributed by atoms with Crippen LogP contribution in [0.3, 0.4) is 0 Å². The van der Waals surface area contributed by atoms with Gasteiger partial charge in [0.15, 0.2) is 5.65 Å². The molecule has 7 heteroatoms. The van der Waals surface area contributed by atoms with E-state index >= 15 is 0 Å². The minimum atomic E-state index is -0.228. The third-order valence-electron chi connectivity index (χ3n) is 5.57. The minimum absolute atomic E-state index is 0.175. The maximum Gasteiger partial charge on any atom is 0.257 e. The highest BCUT2D eigenvalue weighted by molar-refractivity contribution is 6.10. The fraction of sp³-hybridized carbons (Fsp3) is 0.346. The molecule has 3 N–H and O–H groups in total. The maximum atomic E-state index is 13.1. The molecule has 4 aromatic rings. The molecule has 2 aromatic carbocycles. The fourth-order valence-corrected chi connectivity index (χ4v) is 3.93. The first kappa shape index (κ1) is 22.7. The number of nitrogens with zero attached hydrogens (tertiary/aromatic N) is 3. The Balaban J connectivity index is 1.60. The number of aryl methyl sites for hydroxylation is 2. The zero-order valence-electron chi connectivity index (χ0n) is 19.3. The van der Waals surface area contributed by atoms with Crippen molar-refractivity contribution in [3.05, 3.63) is 65.7 Å². The van der Waals surface area contributed by atoms with Gasteiger partial charge in [0, 0.05) is 19.7 Å². The number of para-hydroxylation sites is 2. The predicted octanol–water partition coefficient (Wildman–Crippen LogP) is 4.34. The molecule has 0 fully saturated rings. The highest BCUT2D eigenvalue weighted by Gasteiger charge is 2.23. The standard InChI is InChI=1S/C26H31N5O2/c1-18(2)33-17-9-15-28-26(32)22-23-25(30-21-14-7-6-13-20(21)29-23)31(24(22)27)16-8-12-19-10-4-3-5-11-19/h3-7,10-11,13-14,18H,8-9,12,15-17,27H2,1-2H3,(H,28,32). The number of benzene rings is 2. The molecular formula is C26H31N5O2. The van der Waals surface area contributed by atoms with Crippen LogP contribution < -0.4 is 11.1 Å². The lowest BCUT2D eigenvalue weighted by Crippen LogP contribution is -2.26. The number of hydrogen-bond acceptors (Lipinski definition) is 5. The van der Waals surface area contributed by atoms with Crippen molar-refractivity contribution >= 4 is 33.9 Å². The van der Waals surface area contributed by atoms with Gasteiger partial charge in [0.05, 0.1) is 17.1 Å². The fourth-order valence-electron chi connectivity index (χ4n) is 3.93. The molecule has 4 rings (SSSR count). The number of ether oxygens (including phenoxy) is 1. The number of carbonyl (C=O) groups excluding carboxylic acids is 1. The minimum Gasteiger partial charge on any atom is -0.384 e. The van der Waals surface area contributed by atoms with Gasteiger partial charge < -0.3 is 20.4 Å². The van der Waals surface area contributed by atoms with Crippen LogP contribution in [0.4, 0.5) is 5.82 Å². The Bertz CT molecular complexity index is 1230. The molecule has 0 radical (unpaired) electrons. The molecular weight excluding hydrogens is 414 g/mol. The average molecular weight is 446 g/mol. The van der Waals surface area contributed by atoms with Gasteiger partial charge in [0.1, 0.15) is 16.9 Å². The second-order valence-corrected chi connectivity index (χ2v) is 8.41. The number of nitrogens with two attached hydrogens (primary N) is 1. The molecule has 1 amide bonds. The number of amides is 1. The molecule has 7 nitrogen and oxygen atoms in total. The van der Waals surface area contributed by atoms with Crippen LogP contribution in [0.1, 0.15) is 42.6 Å². The van der Waals surface area contributed by atoms with Crippen molar-refractivity contribution in [1.29, 1.82) is 0 Å². The van der Waals surface area contributed by atoms with Crippen LogP contribution in [0, 0.1) is 0 Å². The number of anilines is 1. The van der Waals surface area contributed by atoms with E-state index in [1.807, 2.05) is 60.9 Å². The van der Waals surface area contributed by atoms with E-state index in [0.29, 0.717) is 42.2 Å². The Hall–Kier alpha value is -3.45. The SMILES string of the molecule is CC(C)OCCCNC(=O)c1c(N)n(CCCc2ccccc2)c2nc3ccccc3nc12. The van der Waals surface area contributed by atoms with Gasteiger partial charge in [0.25, 0.3) is 5.91 Å². The normalized spacial score (nSPS) is 11.5. The molecule has 0 saturated carbocycles. The lowest BCUT2D eigenvalue weighted by molar-refractivity contribution is 0.0757. The molecule has 0 spiro atoms. The number of nitrogen functional groups attached to an aromatic ring is 1. The Labute approximate surface area is 194 Å². The Morgan fingerprint density at radius 3 is 2.45 bits per heavy atom. The Morgan fingerprint density at radius 1 is 1.03 bits per heavy atom. The Morgan fingerprint density at radius 2 is 1.73 bits per heavy atom. The van der Waals surface area contributed by atoms with Gasteiger partial charge >= 0.3 is 0 Å². The summed E-state index contributed by atoms with van der Waals surface area (Å²) in [7, 11) is 0. The molecule has 0 bridgehead atoms. The van der Waals surface area contributed by atoms with Gasteiger partial charge in [0.2, 0.25) is 0 Å². The third-order valence-corrected chi connectivity index (χ3v) is 5.57. The van der Waals surface area contributed by atoms with E-state index in [1.165, 1.54) is 5.56 Å². The van der Waals surface area contributed by atoms with Crippen molar-refractivity contribution in [2.24, 2.45) is 0 Å². The highest BCUT2D eigenvalue weighted by Crippen LogP contribution is 2.28. The van der Waals surface area contributed by atoms with Crippen LogP contribution in [0.5, 0.6) is 0 Å². The van der Waals surface area contributed by atoms with Crippen molar-refractivity contribution in [2.45, 2.75) is 45.8 Å². The topological polar surface area (TPSA) is 95.1 Å². The molecule has 33 heavy (non-hydrogen) atoms. The summed E-state index contributed by atoms with van der Waals surface area (Å²) in [5.74, 6) is 0.178. The van der Waals surface area contributed by atoms with Crippen molar-refractivity contribution in [3.63, 3.8) is 0 Å². The summed E-state index contributed by atoms with van der Waals surface area (Å²) in [6.07, 6.45) is 2.70. The van der Waals surface area contributed by atoms with E-state index in [9.17, 15) is 4.79 Å². The second kappa shape index (κ2) is 10.4. The number of fused-ring (bicyclic) bond motifs is 2. The van der Waals surface area contributed by atoms with Crippen molar-refractivity contribution in [2.75, 3.05) is 18.9 Å². The van der Waals surface area contributed by atoms with Gasteiger partial charge in [-0.15, -0.1) is 0 Å². The molecule has 172 valence electrons. The number of carbonyl (C=O) groups is 1. The summed E-state index contributed by atoms with van der Waals surface area (Å²) in [4.78, 5) is 22.7. The van der Waals surface area contributed by atoms with Gasteiger partial charge in [-0.2, -0.15) is 0 Å². The van der Waals surface area contributed by atoms with E-state index in [-0.39, 0.29) is 12.0 Å². The summed E-state index contributed by atoms with van der Waals surface area (Å²) in [6, 6.07) is 18.0. The van der Waals surface area contributed by atoms with Crippen LogP contribution in [-0.2, 0) is 17.7 Å². The molecule has 0 aliphatic carbocycles. The second-order valence-electron chi connectivity index (χ2n) is 8.41. The summed E-state index contributed by atoms with van der Waals surface area (Å²) in [5.41, 5.74) is 10.9. The molecule has 2 aromatic heterocycles. The third kappa shape index (κ3) is 5.31. The van der Waals surface area contributed by atoms with Gasteiger partial charge in [-0.05, 0) is 50.8 Å². The van der Waals surface area contributed by atoms with Crippen LogP contribution in [0.15, 0.2) is 54.6 Å². The van der Waals surface area contributed by atoms with Crippen LogP contribution in [-0.4, -0.2) is 39.7 Å². The molecule has 0 aliphatic rings. The maximum absolute atomic E-state index is 13.1. The van der Waals surface area contributed by atoms with E-state index < -0.39 is 0 Å². The predicted molar refractivity (Wildman–Crippen MR) is 132 cm³/mol. The molecule has 2 heterocycles. The number of nitrogens with one attached hydrogen (secondary N) is 1. The number of hydrogen-bond donors (Lipinski definition) is 2. The Kier molecular flexibility index (Phi) is 7.19. The largest absolute Gasteiger partial charge is 0.384 e. The van der Waals surface area contributed by atoms with Crippen LogP contribution in [0.2, 0.25) is 0 Å². The summed E-state index contributed by atoms with van der Waals surface area (Å²) in [6.45, 7) is 5.75. The van der Waals surface area contributed by atoms with Gasteiger partial charge in [-0.25, -0.2) is 9.97 Å². The lowest BCUT2D eigenvalue weighted by Gasteiger charge is -2.09. The monoisotopic (exact) mass is 445 g/mol. The van der Waals surface area contributed by atoms with Gasteiger partial charge in [-0.1, -0.05) is 42.5 Å². The molecule has 0 unspecified atom stereocenters. The van der Waals surface area contributed by atoms with Crippen molar-refractivity contribution < 1.29 is 9.53 Å². The smallest absolute Gasteiger partial charge is 0.257 e. The van der Waals surface area contributed by atoms with E-state index in [0.717, 1.165) is 30.3 Å². The van der Waals surface area contributed by atoms with E-state index in [4.69, 9.17) is 20.4 Å². The highest BCUT2D eigenvalue weighted by atomic mass is 16.5. The molecule has 0 atom stereocenters. The summed E-state index contributed by atoms with van der Waals surface area (Å²) < 4.78 is 7.48. The zero-order chi connectivity index (χ0) is 23.2. The van der Waals surface area contributed by atoms with Crippen LogP contribution >= 0.6 is 0 Å². The zero-order valence-corrected chi connectivity index (χ0v) is 19.3. The van der Waals surface area contributed by atoms with Crippen LogP contribution in [0.25, 0.3) is 22.2 Å². The summed E-state index contributed by atoms with van der Waals surface area (Å²) >= 11 is 0. The quantitative estimate of drug-likeness (QED) is 0.354. The van der Waals surface area contributed by atoms with Crippen molar-refractivity contribution in [1.82, 2.24) is 19.9 Å². The first-order valence-corrected chi connectivity index (χ1v) is 11.5. The van der Waals surface area contributed by atoms with Gasteiger partial charge in [-0.3, -0.25) is 4.79 Å². The number of rotatable bonds is 10. The number of aromatic nitrogens is 3. The van der Waals surface area contributed by atoms with Crippen molar-refractivity contribution in [3.8, 4) is 0 Å². The first-order valence-electron chi connectivity index (χ1n) is 11.5. The molecule has 0 aliphatic heterocycles. The molecule has 0 saturated heterocycles. The first-order chi connectivity index (χ1) is 16.0. The van der Waals surface area contributed by atoms with E-state index in [2.05, 4.69) is 17.4 Å².